The molecule has 18 heavy (non-hydrogen) atoms. The number of hydrogen-bond donors (Lipinski definition) is 1. The number of carbonyl (C=O) groups is 1. The summed E-state index contributed by atoms with van der Waals surface area (Å²) in [6, 6.07) is 3.95. The van der Waals surface area contributed by atoms with Crippen LogP contribution in [-0.2, 0) is 0 Å². The topological polar surface area (TPSA) is 53.4 Å². The van der Waals surface area contributed by atoms with Crippen LogP contribution in [0.2, 0.25) is 0 Å². The van der Waals surface area contributed by atoms with Gasteiger partial charge >= 0.3 is 5.97 Å². The molecule has 4 heteroatoms. The average Bonchev–Trinajstić information content (AvgIpc) is 2.74. The van der Waals surface area contributed by atoms with Crippen LogP contribution in [0.4, 0.5) is 5.82 Å². The van der Waals surface area contributed by atoms with Gasteiger partial charge in [0.2, 0.25) is 0 Å². The van der Waals surface area contributed by atoms with Crippen molar-refractivity contribution in [3.8, 4) is 0 Å². The van der Waals surface area contributed by atoms with E-state index in [1.807, 2.05) is 6.07 Å². The molecule has 0 aromatic carbocycles. The summed E-state index contributed by atoms with van der Waals surface area (Å²) in [5.74, 6) is 0.247. The minimum absolute atomic E-state index is 0.133. The highest BCUT2D eigenvalue weighted by atomic mass is 16.4. The molecule has 0 unspecified atom stereocenters. The molecule has 1 aromatic rings. The van der Waals surface area contributed by atoms with E-state index in [0.717, 1.165) is 30.8 Å². The Hall–Kier alpha value is -1.58. The fraction of sp³-hybridized carbons (Fsp3) is 0.571. The van der Waals surface area contributed by atoms with Gasteiger partial charge in [0.05, 0.1) is 0 Å². The largest absolute Gasteiger partial charge is 0.477 e. The highest BCUT2D eigenvalue weighted by molar-refractivity contribution is 5.86. The van der Waals surface area contributed by atoms with Gasteiger partial charge < -0.3 is 10.0 Å². The average molecular weight is 248 g/mol. The van der Waals surface area contributed by atoms with Gasteiger partial charge in [0.1, 0.15) is 5.82 Å². The van der Waals surface area contributed by atoms with E-state index in [-0.39, 0.29) is 5.69 Å². The second-order valence-electron chi connectivity index (χ2n) is 5.25. The number of anilines is 1. The van der Waals surface area contributed by atoms with Gasteiger partial charge in [-0.3, -0.25) is 0 Å². The monoisotopic (exact) mass is 248 g/mol. The third kappa shape index (κ3) is 2.33. The Morgan fingerprint density at radius 2 is 2.22 bits per heavy atom. The summed E-state index contributed by atoms with van der Waals surface area (Å²) in [7, 11) is 0. The van der Waals surface area contributed by atoms with Crippen LogP contribution in [0.5, 0.6) is 0 Å². The molecule has 0 amide bonds. The summed E-state index contributed by atoms with van der Waals surface area (Å²) < 4.78 is 0. The van der Waals surface area contributed by atoms with Crippen LogP contribution in [0.15, 0.2) is 12.1 Å². The van der Waals surface area contributed by atoms with E-state index in [0.29, 0.717) is 12.0 Å². The fourth-order valence-corrected chi connectivity index (χ4v) is 2.51. The van der Waals surface area contributed by atoms with E-state index in [1.54, 1.807) is 6.07 Å². The van der Waals surface area contributed by atoms with Gasteiger partial charge in [-0.05, 0) is 37.3 Å². The lowest BCUT2D eigenvalue weighted by Crippen LogP contribution is -2.29. The fourth-order valence-electron chi connectivity index (χ4n) is 2.51. The van der Waals surface area contributed by atoms with Crippen LogP contribution in [0, 0.1) is 0 Å². The van der Waals surface area contributed by atoms with Crippen molar-refractivity contribution in [3.05, 3.63) is 23.4 Å². The Morgan fingerprint density at radius 1 is 1.50 bits per heavy atom. The van der Waals surface area contributed by atoms with E-state index in [4.69, 9.17) is 5.11 Å². The summed E-state index contributed by atoms with van der Waals surface area (Å²) in [5.41, 5.74) is 1.27. The molecule has 0 spiro atoms. The standard InChI is InChI=1S/C14H20N2O2/c1-9(2)11-6-7-12(14(17)18)15-13(11)16-8-4-5-10(16)3/h6-7,9-10H,4-5,8H2,1-3H3,(H,17,18)/t10-/m0/s1. The lowest BCUT2D eigenvalue weighted by Gasteiger charge is -2.26. The smallest absolute Gasteiger partial charge is 0.354 e. The van der Waals surface area contributed by atoms with Crippen molar-refractivity contribution in [2.45, 2.75) is 45.6 Å². The van der Waals surface area contributed by atoms with Gasteiger partial charge in [-0.25, -0.2) is 9.78 Å². The molecule has 1 aliphatic rings. The molecule has 0 aliphatic carbocycles. The molecule has 1 N–H and O–H groups in total. The number of pyridine rings is 1. The van der Waals surface area contributed by atoms with Crippen LogP contribution < -0.4 is 4.90 Å². The predicted molar refractivity (Wildman–Crippen MR) is 71.3 cm³/mol. The normalized spacial score (nSPS) is 19.6. The summed E-state index contributed by atoms with van der Waals surface area (Å²) in [4.78, 5) is 17.6. The highest BCUT2D eigenvalue weighted by Gasteiger charge is 2.25. The SMILES string of the molecule is CC(C)c1ccc(C(=O)O)nc1N1CCC[C@@H]1C. The Bertz CT molecular complexity index is 457. The molecule has 2 heterocycles. The molecular formula is C14H20N2O2. The number of hydrogen-bond acceptors (Lipinski definition) is 3. The Morgan fingerprint density at radius 3 is 2.72 bits per heavy atom. The maximum absolute atomic E-state index is 11.0. The van der Waals surface area contributed by atoms with Crippen LogP contribution >= 0.6 is 0 Å². The maximum Gasteiger partial charge on any atom is 0.354 e. The van der Waals surface area contributed by atoms with Crippen LogP contribution in [0.3, 0.4) is 0 Å². The van der Waals surface area contributed by atoms with Gasteiger partial charge in [-0.15, -0.1) is 0 Å². The summed E-state index contributed by atoms with van der Waals surface area (Å²) in [6.45, 7) is 7.37. The van der Waals surface area contributed by atoms with Crippen molar-refractivity contribution in [2.24, 2.45) is 0 Å². The number of carboxylic acids is 1. The molecule has 1 fully saturated rings. The van der Waals surface area contributed by atoms with E-state index in [9.17, 15) is 4.79 Å². The van der Waals surface area contributed by atoms with Crippen molar-refractivity contribution >= 4 is 11.8 Å². The molecule has 98 valence electrons. The summed E-state index contributed by atoms with van der Waals surface area (Å²) in [6.07, 6.45) is 2.30. The van der Waals surface area contributed by atoms with Gasteiger partial charge in [0.25, 0.3) is 0 Å². The lowest BCUT2D eigenvalue weighted by molar-refractivity contribution is 0.0690. The number of rotatable bonds is 3. The number of nitrogens with zero attached hydrogens (tertiary/aromatic N) is 2. The lowest BCUT2D eigenvalue weighted by atomic mass is 10.0. The van der Waals surface area contributed by atoms with Gasteiger partial charge in [0, 0.05) is 12.6 Å². The Labute approximate surface area is 108 Å². The van der Waals surface area contributed by atoms with Crippen molar-refractivity contribution in [2.75, 3.05) is 11.4 Å². The molecule has 4 nitrogen and oxygen atoms in total. The molecular weight excluding hydrogens is 228 g/mol. The van der Waals surface area contributed by atoms with E-state index >= 15 is 0 Å². The maximum atomic E-state index is 11.0. The molecule has 1 saturated heterocycles. The van der Waals surface area contributed by atoms with Gasteiger partial charge in [0.15, 0.2) is 5.69 Å². The molecule has 2 rings (SSSR count). The molecule has 0 bridgehead atoms. The van der Waals surface area contributed by atoms with Crippen molar-refractivity contribution < 1.29 is 9.90 Å². The summed E-state index contributed by atoms with van der Waals surface area (Å²) in [5, 5.41) is 9.07. The van der Waals surface area contributed by atoms with Gasteiger partial charge in [-0.2, -0.15) is 0 Å². The first-order chi connectivity index (χ1) is 8.50. The minimum atomic E-state index is -0.960. The minimum Gasteiger partial charge on any atom is -0.477 e. The molecule has 0 saturated carbocycles. The van der Waals surface area contributed by atoms with E-state index in [1.165, 1.54) is 0 Å². The molecule has 1 aliphatic heterocycles. The first kappa shape index (κ1) is 12.9. The first-order valence-corrected chi connectivity index (χ1v) is 6.51. The molecule has 1 atom stereocenters. The predicted octanol–water partition coefficient (Wildman–Crippen LogP) is 2.89. The zero-order valence-corrected chi connectivity index (χ0v) is 11.2. The number of aromatic carboxylic acids is 1. The van der Waals surface area contributed by atoms with Crippen LogP contribution in [0.25, 0.3) is 0 Å². The molecule has 0 radical (unpaired) electrons. The molecule has 1 aromatic heterocycles. The quantitative estimate of drug-likeness (QED) is 0.893. The number of carboxylic acid groups (broad SMARTS) is 1. The summed E-state index contributed by atoms with van der Waals surface area (Å²) >= 11 is 0. The van der Waals surface area contributed by atoms with Crippen LogP contribution in [-0.4, -0.2) is 28.6 Å². The second-order valence-corrected chi connectivity index (χ2v) is 5.25. The van der Waals surface area contributed by atoms with Gasteiger partial charge in [-0.1, -0.05) is 19.9 Å². The first-order valence-electron chi connectivity index (χ1n) is 6.51. The van der Waals surface area contributed by atoms with Crippen molar-refractivity contribution in [1.29, 1.82) is 0 Å². The Balaban J connectivity index is 2.46. The highest BCUT2D eigenvalue weighted by Crippen LogP contribution is 2.31. The third-order valence-electron chi connectivity index (χ3n) is 3.57. The van der Waals surface area contributed by atoms with Crippen molar-refractivity contribution in [3.63, 3.8) is 0 Å². The third-order valence-corrected chi connectivity index (χ3v) is 3.57. The second kappa shape index (κ2) is 4.96. The van der Waals surface area contributed by atoms with E-state index in [2.05, 4.69) is 30.7 Å². The zero-order valence-electron chi connectivity index (χ0n) is 11.2. The van der Waals surface area contributed by atoms with E-state index < -0.39 is 5.97 Å². The van der Waals surface area contributed by atoms with Crippen LogP contribution in [0.1, 0.15) is 55.6 Å². The number of aromatic nitrogens is 1. The van der Waals surface area contributed by atoms with Crippen molar-refractivity contribution in [1.82, 2.24) is 4.98 Å². The zero-order chi connectivity index (χ0) is 13.3. The Kier molecular flexibility index (Phi) is 3.55.